The Hall–Kier alpha value is -3.79. The van der Waals surface area contributed by atoms with Crippen LogP contribution in [0.2, 0.25) is 0 Å². The van der Waals surface area contributed by atoms with Gasteiger partial charge in [-0.2, -0.15) is 5.26 Å². The van der Waals surface area contributed by atoms with Crippen molar-refractivity contribution >= 4 is 23.5 Å². The molecule has 116 valence electrons. The van der Waals surface area contributed by atoms with Crippen molar-refractivity contribution in [2.45, 2.75) is 0 Å². The van der Waals surface area contributed by atoms with E-state index in [0.29, 0.717) is 17.0 Å². The van der Waals surface area contributed by atoms with Crippen molar-refractivity contribution < 1.29 is 9.72 Å². The summed E-state index contributed by atoms with van der Waals surface area (Å²) in [5.41, 5.74) is 2.05. The van der Waals surface area contributed by atoms with Crippen LogP contribution in [-0.2, 0) is 4.79 Å². The molecule has 0 saturated heterocycles. The summed E-state index contributed by atoms with van der Waals surface area (Å²) >= 11 is 0. The number of nitro groups is 1. The number of amidine groups is 1. The molecule has 3 rings (SSSR count). The molecule has 7 nitrogen and oxygen atoms in total. The van der Waals surface area contributed by atoms with Crippen molar-refractivity contribution in [3.05, 3.63) is 81.0 Å². The molecule has 1 aliphatic rings. The smallest absolute Gasteiger partial charge is 0.275 e. The highest BCUT2D eigenvalue weighted by molar-refractivity contribution is 6.19. The number of nitrogens with zero attached hydrogens (tertiary/aromatic N) is 3. The summed E-state index contributed by atoms with van der Waals surface area (Å²) in [7, 11) is 0. The minimum Gasteiger partial charge on any atom is -0.305 e. The minimum absolute atomic E-state index is 0.0305. The molecule has 0 bridgehead atoms. The van der Waals surface area contributed by atoms with Crippen molar-refractivity contribution in [2.75, 3.05) is 0 Å². The molecule has 1 N–H and O–H groups in total. The fraction of sp³-hybridized carbons (Fsp3) is 0. The zero-order valence-electron chi connectivity index (χ0n) is 12.3. The maximum atomic E-state index is 12.0. The second-order valence-electron chi connectivity index (χ2n) is 4.98. The molecule has 0 atom stereocenters. The first-order valence-electron chi connectivity index (χ1n) is 6.93. The quantitative estimate of drug-likeness (QED) is 0.532. The maximum absolute atomic E-state index is 12.0. The molecule has 1 heterocycles. The summed E-state index contributed by atoms with van der Waals surface area (Å²) in [4.78, 5) is 26.4. The Morgan fingerprint density at radius 3 is 2.38 bits per heavy atom. The third-order valence-electron chi connectivity index (χ3n) is 3.39. The molecule has 0 unspecified atom stereocenters. The minimum atomic E-state index is -0.491. The molecule has 0 saturated carbocycles. The third kappa shape index (κ3) is 3.03. The lowest BCUT2D eigenvalue weighted by Gasteiger charge is -1.99. The molecule has 0 aromatic heterocycles. The number of nitriles is 1. The first-order valence-corrected chi connectivity index (χ1v) is 6.93. The van der Waals surface area contributed by atoms with Crippen molar-refractivity contribution in [3.63, 3.8) is 0 Å². The average molecular weight is 318 g/mol. The molecule has 1 amide bonds. The summed E-state index contributed by atoms with van der Waals surface area (Å²) in [6.07, 6.45) is 1.61. The first kappa shape index (κ1) is 15.1. The van der Waals surface area contributed by atoms with E-state index in [-0.39, 0.29) is 17.3 Å². The summed E-state index contributed by atoms with van der Waals surface area (Å²) < 4.78 is 0. The van der Waals surface area contributed by atoms with E-state index >= 15 is 0 Å². The molecule has 7 heteroatoms. The monoisotopic (exact) mass is 318 g/mol. The van der Waals surface area contributed by atoms with E-state index in [1.807, 2.05) is 6.07 Å². The van der Waals surface area contributed by atoms with E-state index in [1.165, 1.54) is 24.3 Å². The predicted molar refractivity (Wildman–Crippen MR) is 86.9 cm³/mol. The van der Waals surface area contributed by atoms with Gasteiger partial charge in [0.15, 0.2) is 0 Å². The number of nitrogens with one attached hydrogen (secondary N) is 1. The van der Waals surface area contributed by atoms with Gasteiger partial charge in [0.05, 0.1) is 16.6 Å². The van der Waals surface area contributed by atoms with Gasteiger partial charge in [-0.3, -0.25) is 14.9 Å². The highest BCUT2D eigenvalue weighted by Gasteiger charge is 2.21. The predicted octanol–water partition coefficient (Wildman–Crippen LogP) is 2.38. The van der Waals surface area contributed by atoms with Crippen LogP contribution in [0.15, 0.2) is 59.2 Å². The topological polar surface area (TPSA) is 108 Å². The molecule has 2 aromatic carbocycles. The van der Waals surface area contributed by atoms with Crippen molar-refractivity contribution in [1.29, 1.82) is 5.26 Å². The number of hydrogen-bond acceptors (Lipinski definition) is 5. The van der Waals surface area contributed by atoms with E-state index in [2.05, 4.69) is 10.3 Å². The van der Waals surface area contributed by atoms with Crippen molar-refractivity contribution in [1.82, 2.24) is 5.32 Å². The lowest BCUT2D eigenvalue weighted by molar-refractivity contribution is -0.384. The number of hydrogen-bond donors (Lipinski definition) is 1. The van der Waals surface area contributed by atoms with Crippen molar-refractivity contribution in [2.24, 2.45) is 4.99 Å². The summed E-state index contributed by atoms with van der Waals surface area (Å²) in [5, 5.41) is 22.1. The molecule has 0 aliphatic carbocycles. The number of carbonyl (C=O) groups excluding carboxylic acids is 1. The molecule has 2 aromatic rings. The number of benzene rings is 2. The second-order valence-corrected chi connectivity index (χ2v) is 4.98. The van der Waals surface area contributed by atoms with Gasteiger partial charge in [0.1, 0.15) is 11.5 Å². The van der Waals surface area contributed by atoms with Crippen LogP contribution in [0.25, 0.3) is 6.08 Å². The third-order valence-corrected chi connectivity index (χ3v) is 3.39. The second kappa shape index (κ2) is 6.14. The molecule has 0 radical (unpaired) electrons. The number of carbonyl (C=O) groups is 1. The zero-order chi connectivity index (χ0) is 17.1. The zero-order valence-corrected chi connectivity index (χ0v) is 12.3. The molecule has 0 fully saturated rings. The van der Waals surface area contributed by atoms with E-state index in [1.54, 1.807) is 30.3 Å². The number of amides is 1. The standard InChI is InChI=1S/C17H10N4O3/c18-10-12-3-1-11(2-4-12)9-15-17(22)20-16(19-15)13-5-7-14(8-6-13)21(23)24/h1-9H,(H,19,20,22)/b15-9+. The first-order chi connectivity index (χ1) is 11.6. The maximum Gasteiger partial charge on any atom is 0.275 e. The molecule has 24 heavy (non-hydrogen) atoms. The molecular formula is C17H10N4O3. The van der Waals surface area contributed by atoms with Gasteiger partial charge in [0, 0.05) is 17.7 Å². The fourth-order valence-corrected chi connectivity index (χ4v) is 2.16. The molecule has 0 spiro atoms. The van der Waals surface area contributed by atoms with Gasteiger partial charge in [-0.05, 0) is 35.9 Å². The van der Waals surface area contributed by atoms with E-state index in [4.69, 9.17) is 5.26 Å². The van der Waals surface area contributed by atoms with Crippen molar-refractivity contribution in [3.8, 4) is 6.07 Å². The molecule has 1 aliphatic heterocycles. The van der Waals surface area contributed by atoms with Crippen LogP contribution in [0.4, 0.5) is 5.69 Å². The van der Waals surface area contributed by atoms with Crippen LogP contribution in [0, 0.1) is 21.4 Å². The Bertz CT molecular complexity index is 920. The van der Waals surface area contributed by atoms with E-state index in [9.17, 15) is 14.9 Å². The number of non-ortho nitro benzene ring substituents is 1. The Balaban J connectivity index is 1.88. The average Bonchev–Trinajstić information content (AvgIpc) is 2.96. The Kier molecular flexibility index (Phi) is 3.87. The SMILES string of the molecule is N#Cc1ccc(/C=C2/N=C(c3ccc([N+](=O)[O-])cc3)NC2=O)cc1. The van der Waals surface area contributed by atoms with E-state index < -0.39 is 4.92 Å². The van der Waals surface area contributed by atoms with Crippen LogP contribution < -0.4 is 5.32 Å². The number of aliphatic imine (C=N–C) groups is 1. The molecular weight excluding hydrogens is 308 g/mol. The fourth-order valence-electron chi connectivity index (χ4n) is 2.16. The Morgan fingerprint density at radius 1 is 1.12 bits per heavy atom. The van der Waals surface area contributed by atoms with Crippen LogP contribution in [0.3, 0.4) is 0 Å². The summed E-state index contributed by atoms with van der Waals surface area (Å²) in [6, 6.07) is 14.5. The lowest BCUT2D eigenvalue weighted by Crippen LogP contribution is -2.24. The van der Waals surface area contributed by atoms with Crippen LogP contribution in [0.5, 0.6) is 0 Å². The van der Waals surface area contributed by atoms with E-state index in [0.717, 1.165) is 5.56 Å². The Morgan fingerprint density at radius 2 is 1.79 bits per heavy atom. The highest BCUT2D eigenvalue weighted by Crippen LogP contribution is 2.17. The van der Waals surface area contributed by atoms with Crippen LogP contribution >= 0.6 is 0 Å². The largest absolute Gasteiger partial charge is 0.305 e. The van der Waals surface area contributed by atoms with Crippen LogP contribution in [-0.4, -0.2) is 16.7 Å². The number of rotatable bonds is 3. The highest BCUT2D eigenvalue weighted by atomic mass is 16.6. The normalized spacial score (nSPS) is 14.9. The number of nitro benzene ring substituents is 1. The van der Waals surface area contributed by atoms with Gasteiger partial charge >= 0.3 is 0 Å². The summed E-state index contributed by atoms with van der Waals surface area (Å²) in [6.45, 7) is 0. The van der Waals surface area contributed by atoms with Gasteiger partial charge in [-0.25, -0.2) is 4.99 Å². The van der Waals surface area contributed by atoms with Gasteiger partial charge in [-0.1, -0.05) is 12.1 Å². The van der Waals surface area contributed by atoms with Gasteiger partial charge < -0.3 is 5.32 Å². The van der Waals surface area contributed by atoms with Gasteiger partial charge in [0.2, 0.25) is 0 Å². The van der Waals surface area contributed by atoms with Crippen LogP contribution in [0.1, 0.15) is 16.7 Å². The lowest BCUT2D eigenvalue weighted by atomic mass is 10.1. The summed E-state index contributed by atoms with van der Waals surface area (Å²) in [5.74, 6) is -0.0116. The van der Waals surface area contributed by atoms with Gasteiger partial charge in [0.25, 0.3) is 11.6 Å². The van der Waals surface area contributed by atoms with Gasteiger partial charge in [-0.15, -0.1) is 0 Å². The Labute approximate surface area is 136 Å².